The Balaban J connectivity index is 2.47. The largest absolute Gasteiger partial charge is 0.480 e. The molecule has 5 heteroatoms. The Morgan fingerprint density at radius 2 is 2.12 bits per heavy atom. The molecule has 1 aliphatic heterocycles. The summed E-state index contributed by atoms with van der Waals surface area (Å²) in [5, 5.41) is 11.6. The zero-order valence-corrected chi connectivity index (χ0v) is 10.8. The highest BCUT2D eigenvalue weighted by Gasteiger charge is 2.25. The number of hydrogen-bond acceptors (Lipinski definition) is 3. The summed E-state index contributed by atoms with van der Waals surface area (Å²) in [6, 6.07) is -0.798. The SMILES string of the molecule is C/C=C/CC(NC(=O)C1CCSCC1)C(=O)O. The average Bonchev–Trinajstić information content (AvgIpc) is 2.35. The number of rotatable bonds is 5. The van der Waals surface area contributed by atoms with Crippen molar-refractivity contribution in [3.05, 3.63) is 12.2 Å². The van der Waals surface area contributed by atoms with Crippen LogP contribution in [-0.4, -0.2) is 34.5 Å². The highest BCUT2D eigenvalue weighted by atomic mass is 32.2. The fourth-order valence-electron chi connectivity index (χ4n) is 1.74. The van der Waals surface area contributed by atoms with Crippen LogP contribution in [0.1, 0.15) is 26.2 Å². The fourth-order valence-corrected chi connectivity index (χ4v) is 2.85. The number of carbonyl (C=O) groups is 2. The van der Waals surface area contributed by atoms with Gasteiger partial charge in [0.05, 0.1) is 0 Å². The summed E-state index contributed by atoms with van der Waals surface area (Å²) in [5.41, 5.74) is 0. The number of thioether (sulfide) groups is 1. The van der Waals surface area contributed by atoms with Gasteiger partial charge in [-0.3, -0.25) is 4.79 Å². The van der Waals surface area contributed by atoms with Gasteiger partial charge in [0.15, 0.2) is 0 Å². The predicted molar refractivity (Wildman–Crippen MR) is 69.0 cm³/mol. The number of hydrogen-bond donors (Lipinski definition) is 2. The van der Waals surface area contributed by atoms with Crippen molar-refractivity contribution in [1.29, 1.82) is 0 Å². The van der Waals surface area contributed by atoms with Crippen LogP contribution in [0.15, 0.2) is 12.2 Å². The highest BCUT2D eigenvalue weighted by Crippen LogP contribution is 2.22. The van der Waals surface area contributed by atoms with Crippen LogP contribution < -0.4 is 5.32 Å². The molecule has 1 rings (SSSR count). The molecule has 1 saturated heterocycles. The summed E-state index contributed by atoms with van der Waals surface area (Å²) < 4.78 is 0. The second-order valence-corrected chi connectivity index (χ2v) is 5.32. The van der Waals surface area contributed by atoms with Gasteiger partial charge in [-0.15, -0.1) is 0 Å². The normalized spacial score (nSPS) is 19.1. The molecule has 4 nitrogen and oxygen atoms in total. The van der Waals surface area contributed by atoms with Crippen LogP contribution in [0.2, 0.25) is 0 Å². The maximum absolute atomic E-state index is 11.9. The molecule has 0 saturated carbocycles. The van der Waals surface area contributed by atoms with E-state index in [-0.39, 0.29) is 11.8 Å². The Labute approximate surface area is 106 Å². The zero-order valence-electron chi connectivity index (χ0n) is 10.0. The molecule has 1 unspecified atom stereocenters. The molecule has 1 atom stereocenters. The smallest absolute Gasteiger partial charge is 0.326 e. The Morgan fingerprint density at radius 3 is 2.65 bits per heavy atom. The first-order chi connectivity index (χ1) is 8.15. The number of allylic oxidation sites excluding steroid dienone is 1. The predicted octanol–water partition coefficient (Wildman–Crippen LogP) is 1.67. The molecule has 1 heterocycles. The van der Waals surface area contributed by atoms with Gasteiger partial charge in [0.1, 0.15) is 6.04 Å². The lowest BCUT2D eigenvalue weighted by atomic mass is 10.0. The molecule has 0 radical (unpaired) electrons. The van der Waals surface area contributed by atoms with Gasteiger partial charge in [0.25, 0.3) is 0 Å². The van der Waals surface area contributed by atoms with Gasteiger partial charge in [-0.05, 0) is 37.7 Å². The number of carbonyl (C=O) groups excluding carboxylic acids is 1. The van der Waals surface area contributed by atoms with Crippen LogP contribution in [0, 0.1) is 5.92 Å². The number of carboxylic acids is 1. The minimum atomic E-state index is -0.971. The molecular weight excluding hydrogens is 238 g/mol. The summed E-state index contributed by atoms with van der Waals surface area (Å²) >= 11 is 1.85. The Kier molecular flexibility index (Phi) is 6.11. The van der Waals surface area contributed by atoms with E-state index in [1.54, 1.807) is 12.2 Å². The number of aliphatic carboxylic acids is 1. The molecule has 0 aromatic carbocycles. The molecule has 2 N–H and O–H groups in total. The second-order valence-electron chi connectivity index (χ2n) is 4.09. The molecule has 0 bridgehead atoms. The Hall–Kier alpha value is -0.970. The highest BCUT2D eigenvalue weighted by molar-refractivity contribution is 7.99. The summed E-state index contributed by atoms with van der Waals surface area (Å²) in [7, 11) is 0. The number of carboxylic acid groups (broad SMARTS) is 1. The van der Waals surface area contributed by atoms with E-state index in [1.807, 2.05) is 18.7 Å². The Bertz CT molecular complexity index is 298. The summed E-state index contributed by atoms with van der Waals surface area (Å²) in [5.74, 6) is 0.891. The third kappa shape index (κ3) is 4.81. The third-order valence-corrected chi connectivity index (χ3v) is 3.86. The van der Waals surface area contributed by atoms with Crippen molar-refractivity contribution < 1.29 is 14.7 Å². The minimum absolute atomic E-state index is 0.0105. The van der Waals surface area contributed by atoms with Crippen molar-refractivity contribution in [2.75, 3.05) is 11.5 Å². The first kappa shape index (κ1) is 14.1. The number of nitrogens with one attached hydrogen (secondary N) is 1. The van der Waals surface area contributed by atoms with Crippen LogP contribution in [0.5, 0.6) is 0 Å². The van der Waals surface area contributed by atoms with Crippen LogP contribution in [0.25, 0.3) is 0 Å². The molecule has 0 aromatic rings. The van der Waals surface area contributed by atoms with Crippen molar-refractivity contribution in [2.24, 2.45) is 5.92 Å². The van der Waals surface area contributed by atoms with E-state index in [0.717, 1.165) is 24.3 Å². The molecular formula is C12H19NO3S. The van der Waals surface area contributed by atoms with Crippen molar-refractivity contribution in [2.45, 2.75) is 32.2 Å². The van der Waals surface area contributed by atoms with E-state index in [4.69, 9.17) is 5.11 Å². The maximum Gasteiger partial charge on any atom is 0.326 e. The topological polar surface area (TPSA) is 66.4 Å². The van der Waals surface area contributed by atoms with E-state index in [9.17, 15) is 9.59 Å². The van der Waals surface area contributed by atoms with Gasteiger partial charge in [0, 0.05) is 5.92 Å². The van der Waals surface area contributed by atoms with E-state index in [2.05, 4.69) is 5.32 Å². The molecule has 1 aliphatic rings. The van der Waals surface area contributed by atoms with Gasteiger partial charge in [-0.2, -0.15) is 11.8 Å². The van der Waals surface area contributed by atoms with Gasteiger partial charge in [-0.25, -0.2) is 4.79 Å². The third-order valence-electron chi connectivity index (χ3n) is 2.81. The minimum Gasteiger partial charge on any atom is -0.480 e. The molecule has 1 fully saturated rings. The number of amides is 1. The van der Waals surface area contributed by atoms with E-state index >= 15 is 0 Å². The molecule has 0 aromatic heterocycles. The lowest BCUT2D eigenvalue weighted by molar-refractivity contribution is -0.142. The van der Waals surface area contributed by atoms with Crippen LogP contribution in [0.4, 0.5) is 0 Å². The first-order valence-corrected chi connectivity index (χ1v) is 7.02. The fraction of sp³-hybridized carbons (Fsp3) is 0.667. The maximum atomic E-state index is 11.9. The van der Waals surface area contributed by atoms with E-state index < -0.39 is 12.0 Å². The molecule has 17 heavy (non-hydrogen) atoms. The molecule has 0 spiro atoms. The van der Waals surface area contributed by atoms with Crippen molar-refractivity contribution in [3.63, 3.8) is 0 Å². The van der Waals surface area contributed by atoms with Gasteiger partial charge >= 0.3 is 5.97 Å². The standard InChI is InChI=1S/C12H19NO3S/c1-2-3-4-10(12(15)16)13-11(14)9-5-7-17-8-6-9/h2-3,9-10H,4-8H2,1H3,(H,13,14)(H,15,16)/b3-2+. The summed E-state index contributed by atoms with van der Waals surface area (Å²) in [6.45, 7) is 1.83. The van der Waals surface area contributed by atoms with Crippen LogP contribution in [0.3, 0.4) is 0 Å². The van der Waals surface area contributed by atoms with Crippen molar-refractivity contribution in [3.8, 4) is 0 Å². The second kappa shape index (κ2) is 7.37. The van der Waals surface area contributed by atoms with Crippen LogP contribution >= 0.6 is 11.8 Å². The van der Waals surface area contributed by atoms with Crippen molar-refractivity contribution >= 4 is 23.6 Å². The van der Waals surface area contributed by atoms with Gasteiger partial charge in [-0.1, -0.05) is 12.2 Å². The molecule has 1 amide bonds. The van der Waals surface area contributed by atoms with Crippen LogP contribution in [-0.2, 0) is 9.59 Å². The zero-order chi connectivity index (χ0) is 12.7. The Morgan fingerprint density at radius 1 is 1.47 bits per heavy atom. The van der Waals surface area contributed by atoms with Gasteiger partial charge in [0.2, 0.25) is 5.91 Å². The lowest BCUT2D eigenvalue weighted by Crippen LogP contribution is -2.44. The monoisotopic (exact) mass is 257 g/mol. The first-order valence-electron chi connectivity index (χ1n) is 5.87. The van der Waals surface area contributed by atoms with E-state index in [0.29, 0.717) is 6.42 Å². The van der Waals surface area contributed by atoms with Crippen molar-refractivity contribution in [1.82, 2.24) is 5.32 Å². The summed E-state index contributed by atoms with van der Waals surface area (Å²) in [4.78, 5) is 22.8. The lowest BCUT2D eigenvalue weighted by Gasteiger charge is -2.22. The molecule has 0 aliphatic carbocycles. The summed E-state index contributed by atoms with van der Waals surface area (Å²) in [6.07, 6.45) is 5.60. The molecule has 96 valence electrons. The average molecular weight is 257 g/mol. The van der Waals surface area contributed by atoms with E-state index in [1.165, 1.54) is 0 Å². The quantitative estimate of drug-likeness (QED) is 0.735. The van der Waals surface area contributed by atoms with Gasteiger partial charge < -0.3 is 10.4 Å².